The molecule has 1 aromatic carbocycles. The molecular formula is C43H53F2N11O6. The molecule has 1 aliphatic heterocycles. The number of ether oxygens (including phenoxy) is 1. The third kappa shape index (κ3) is 9.95. The van der Waals surface area contributed by atoms with Gasteiger partial charge in [-0.2, -0.15) is 5.10 Å². The van der Waals surface area contributed by atoms with Crippen LogP contribution < -0.4 is 27.0 Å². The van der Waals surface area contributed by atoms with E-state index in [1.165, 1.54) is 29.9 Å². The highest BCUT2D eigenvalue weighted by atomic mass is 19.3. The largest absolute Gasteiger partial charge is 0.444 e. The Hall–Kier alpha value is -5.79. The van der Waals surface area contributed by atoms with Crippen molar-refractivity contribution in [3.63, 3.8) is 0 Å². The number of pyridine rings is 1. The first-order chi connectivity index (χ1) is 30.0. The number of fused-ring (bicyclic) bond motifs is 1. The van der Waals surface area contributed by atoms with Gasteiger partial charge in [0.2, 0.25) is 17.7 Å². The minimum absolute atomic E-state index is 0.0366. The fourth-order valence-corrected chi connectivity index (χ4v) is 8.48. The van der Waals surface area contributed by atoms with E-state index < -0.39 is 30.0 Å². The number of para-hydroxylation sites is 1. The predicted octanol–water partition coefficient (Wildman–Crippen LogP) is 5.05. The van der Waals surface area contributed by atoms with E-state index in [4.69, 9.17) is 9.15 Å². The fourth-order valence-electron chi connectivity index (χ4n) is 8.48. The highest BCUT2D eigenvalue weighted by Crippen LogP contribution is 2.35. The Morgan fingerprint density at radius 2 is 1.87 bits per heavy atom. The van der Waals surface area contributed by atoms with Crippen LogP contribution in [0.1, 0.15) is 91.6 Å². The highest BCUT2D eigenvalue weighted by molar-refractivity contribution is 6.03. The number of carbonyl (C=O) groups excluding carboxylic acids is 3. The van der Waals surface area contributed by atoms with Gasteiger partial charge >= 0.3 is 5.69 Å². The molecule has 5 heterocycles. The Labute approximate surface area is 356 Å². The normalized spacial score (nSPS) is 19.4. The van der Waals surface area contributed by atoms with Gasteiger partial charge in [0, 0.05) is 64.1 Å². The number of aryl methyl sites for hydroxylation is 1. The topological polar surface area (TPSA) is 195 Å². The number of nitrogens with zero attached hydrogens (tertiary/aromatic N) is 7. The fraction of sp³-hybridized carbons (Fsp3) is 0.512. The molecule has 4 N–H and O–H groups in total. The Kier molecular flexibility index (Phi) is 13.2. The number of piperidine rings is 1. The SMILES string of the molecule is CN(CCOCCNCc1cccc2c1n(C)c(=O)n2C1CCC(=O)NC1=O)C[C@H]1CC[C@H](n2cc(NC(=O)c3coc(-c4ccnc(NCC5CC5)c4)n3)c(C(F)F)n2)CC1. The summed E-state index contributed by atoms with van der Waals surface area (Å²) in [5.41, 5.74) is 2.09. The van der Waals surface area contributed by atoms with Gasteiger partial charge in [-0.15, -0.1) is 0 Å². The third-order valence-electron chi connectivity index (χ3n) is 12.1. The molecule has 19 heteroatoms. The van der Waals surface area contributed by atoms with Gasteiger partial charge in [-0.1, -0.05) is 12.1 Å². The summed E-state index contributed by atoms with van der Waals surface area (Å²) in [5.74, 6) is 0.564. The lowest BCUT2D eigenvalue weighted by Gasteiger charge is -2.31. The standard InChI is InChI=1S/C43H53F2N11O6/c1-53(17-19-61-18-16-46-22-29-4-3-5-33-38(29)54(2)43(60)56(33)34-12-13-36(57)51-41(34)59)23-27-8-10-30(11-9-27)55-24-31(37(52-55)39(44)45)49-40(58)32-25-62-42(50-32)28-14-15-47-35(20-28)48-21-26-6-7-26/h3-5,14-15,20,24-27,30,34,39,46H,6-13,16-19,21-23H2,1-2H3,(H,47,48)(H,49,58)(H,51,57,59)/t27-,30-,34?. The number of nitrogens with one attached hydrogen (secondary N) is 4. The van der Waals surface area contributed by atoms with E-state index in [9.17, 15) is 28.0 Å². The molecule has 1 unspecified atom stereocenters. The molecule has 330 valence electrons. The quantitative estimate of drug-likeness (QED) is 0.0639. The van der Waals surface area contributed by atoms with Crippen LogP contribution in [0.3, 0.4) is 0 Å². The minimum atomic E-state index is -2.88. The average molecular weight is 858 g/mol. The molecule has 17 nitrogen and oxygen atoms in total. The number of rotatable bonds is 19. The maximum Gasteiger partial charge on any atom is 0.329 e. The van der Waals surface area contributed by atoms with Crippen molar-refractivity contribution in [3.8, 4) is 11.5 Å². The zero-order valence-corrected chi connectivity index (χ0v) is 34.9. The molecule has 62 heavy (non-hydrogen) atoms. The first kappa shape index (κ1) is 42.9. The predicted molar refractivity (Wildman–Crippen MR) is 226 cm³/mol. The number of hydrogen-bond acceptors (Lipinski definition) is 12. The summed E-state index contributed by atoms with van der Waals surface area (Å²) in [4.78, 5) is 61.5. The Morgan fingerprint density at radius 1 is 1.06 bits per heavy atom. The molecule has 2 aliphatic carbocycles. The van der Waals surface area contributed by atoms with Crippen molar-refractivity contribution >= 4 is 40.3 Å². The summed E-state index contributed by atoms with van der Waals surface area (Å²) in [6, 6.07) is 8.36. The molecule has 3 aliphatic rings. The Bertz CT molecular complexity index is 2450. The number of imide groups is 1. The number of carbonyl (C=O) groups is 3. The summed E-state index contributed by atoms with van der Waals surface area (Å²) in [6.45, 7) is 4.65. The van der Waals surface area contributed by atoms with Crippen molar-refractivity contribution in [3.05, 3.63) is 76.4 Å². The number of imidazole rings is 1. The van der Waals surface area contributed by atoms with Gasteiger partial charge in [0.25, 0.3) is 12.3 Å². The first-order valence-corrected chi connectivity index (χ1v) is 21.4. The van der Waals surface area contributed by atoms with Crippen LogP contribution in [-0.4, -0.2) is 97.9 Å². The number of alkyl halides is 2. The maximum absolute atomic E-state index is 14.1. The van der Waals surface area contributed by atoms with Crippen molar-refractivity contribution in [1.29, 1.82) is 0 Å². The Balaban J connectivity index is 0.752. The molecule has 3 fully saturated rings. The third-order valence-corrected chi connectivity index (χ3v) is 12.1. The number of halogens is 2. The van der Waals surface area contributed by atoms with Crippen molar-refractivity contribution in [2.75, 3.05) is 57.1 Å². The second-order valence-corrected chi connectivity index (χ2v) is 16.6. The molecule has 3 amide bonds. The zero-order chi connectivity index (χ0) is 43.3. The van der Waals surface area contributed by atoms with Crippen LogP contribution in [0, 0.1) is 11.8 Å². The highest BCUT2D eigenvalue weighted by Gasteiger charge is 2.32. The summed E-state index contributed by atoms with van der Waals surface area (Å²) in [5, 5.41) is 15.8. The first-order valence-electron chi connectivity index (χ1n) is 21.4. The molecule has 0 bridgehead atoms. The van der Waals surface area contributed by atoms with Gasteiger partial charge < -0.3 is 30.0 Å². The second-order valence-electron chi connectivity index (χ2n) is 16.6. The lowest BCUT2D eigenvalue weighted by atomic mass is 9.86. The molecular weight excluding hydrogens is 805 g/mol. The van der Waals surface area contributed by atoms with Crippen molar-refractivity contribution < 1.29 is 32.3 Å². The van der Waals surface area contributed by atoms with E-state index in [1.807, 2.05) is 18.2 Å². The number of likely N-dealkylation sites (N-methyl/N-ethyl adjacent to an activating group) is 1. The van der Waals surface area contributed by atoms with Gasteiger partial charge in [-0.05, 0) is 87.6 Å². The molecule has 2 saturated carbocycles. The van der Waals surface area contributed by atoms with Crippen molar-refractivity contribution in [2.24, 2.45) is 18.9 Å². The van der Waals surface area contributed by atoms with E-state index in [2.05, 4.69) is 48.3 Å². The molecule has 4 aromatic heterocycles. The molecule has 1 saturated heterocycles. The van der Waals surface area contributed by atoms with E-state index in [0.717, 1.165) is 56.4 Å². The smallest absolute Gasteiger partial charge is 0.329 e. The van der Waals surface area contributed by atoms with E-state index in [0.29, 0.717) is 55.0 Å². The summed E-state index contributed by atoms with van der Waals surface area (Å²) >= 11 is 0. The van der Waals surface area contributed by atoms with Gasteiger partial charge in [0.05, 0.1) is 36.0 Å². The maximum atomic E-state index is 14.1. The number of oxazole rings is 1. The van der Waals surface area contributed by atoms with Gasteiger partial charge in [0.1, 0.15) is 18.1 Å². The average Bonchev–Trinajstić information content (AvgIpc) is 3.66. The van der Waals surface area contributed by atoms with E-state index in [-0.39, 0.29) is 47.8 Å². The van der Waals surface area contributed by atoms with Crippen LogP contribution in [-0.2, 0) is 27.9 Å². The lowest BCUT2D eigenvalue weighted by Crippen LogP contribution is -2.44. The molecule has 0 radical (unpaired) electrons. The van der Waals surface area contributed by atoms with Crippen molar-refractivity contribution in [2.45, 2.75) is 76.4 Å². The molecule has 5 aromatic rings. The van der Waals surface area contributed by atoms with Gasteiger partial charge in [0.15, 0.2) is 11.4 Å². The molecule has 1 atom stereocenters. The van der Waals surface area contributed by atoms with Crippen LogP contribution in [0.25, 0.3) is 22.5 Å². The summed E-state index contributed by atoms with van der Waals surface area (Å²) < 4.78 is 44.4. The van der Waals surface area contributed by atoms with Crippen LogP contribution >= 0.6 is 0 Å². The van der Waals surface area contributed by atoms with Gasteiger partial charge in [-0.3, -0.25) is 33.5 Å². The monoisotopic (exact) mass is 857 g/mol. The minimum Gasteiger partial charge on any atom is -0.444 e. The van der Waals surface area contributed by atoms with E-state index >= 15 is 0 Å². The van der Waals surface area contributed by atoms with Crippen LogP contribution in [0.4, 0.5) is 20.3 Å². The number of amides is 3. The number of benzene rings is 1. The lowest BCUT2D eigenvalue weighted by molar-refractivity contribution is -0.135. The van der Waals surface area contributed by atoms with Crippen LogP contribution in [0.15, 0.2) is 58.2 Å². The number of hydrogen-bond donors (Lipinski definition) is 4. The zero-order valence-electron chi connectivity index (χ0n) is 34.9. The molecule has 8 rings (SSSR count). The number of aromatic nitrogens is 6. The molecule has 0 spiro atoms. The Morgan fingerprint density at radius 3 is 2.65 bits per heavy atom. The van der Waals surface area contributed by atoms with E-state index in [1.54, 1.807) is 34.6 Å². The summed E-state index contributed by atoms with van der Waals surface area (Å²) in [6.07, 6.45) is 7.72. The van der Waals surface area contributed by atoms with Gasteiger partial charge in [-0.25, -0.2) is 23.5 Å². The second kappa shape index (κ2) is 19.1. The van der Waals surface area contributed by atoms with Crippen LogP contribution in [0.5, 0.6) is 0 Å². The van der Waals surface area contributed by atoms with Crippen molar-refractivity contribution in [1.82, 2.24) is 44.4 Å². The number of anilines is 2. The van der Waals surface area contributed by atoms with Crippen LogP contribution in [0.2, 0.25) is 0 Å². The summed E-state index contributed by atoms with van der Waals surface area (Å²) in [7, 11) is 3.76.